The number of thiazole rings is 1. The number of nitrogens with one attached hydrogen (secondary N) is 1. The summed E-state index contributed by atoms with van der Waals surface area (Å²) in [4.78, 5) is 10.7. The zero-order valence-corrected chi connectivity index (χ0v) is 12.4. The lowest BCUT2D eigenvalue weighted by molar-refractivity contribution is 0.576. The summed E-state index contributed by atoms with van der Waals surface area (Å²) in [6.45, 7) is 5.78. The van der Waals surface area contributed by atoms with Crippen LogP contribution < -0.4 is 16.0 Å². The molecule has 1 aromatic rings. The standard InChI is InChI=1S/C12H23N5S/c1-9(2)5-6-14-11(13)15-7-10-8-18-12(16-10)17(3)4/h8-9H,5-7H2,1-4H3,(H3,13,14,15). The van der Waals surface area contributed by atoms with Crippen LogP contribution in [0.25, 0.3) is 0 Å². The summed E-state index contributed by atoms with van der Waals surface area (Å²) in [7, 11) is 3.96. The van der Waals surface area contributed by atoms with Crippen molar-refractivity contribution in [2.45, 2.75) is 26.8 Å². The van der Waals surface area contributed by atoms with Gasteiger partial charge in [-0.25, -0.2) is 9.98 Å². The van der Waals surface area contributed by atoms with Gasteiger partial charge in [-0.1, -0.05) is 13.8 Å². The third kappa shape index (κ3) is 5.35. The highest BCUT2D eigenvalue weighted by atomic mass is 32.1. The molecule has 0 unspecified atom stereocenters. The Labute approximate surface area is 113 Å². The molecule has 0 amide bonds. The van der Waals surface area contributed by atoms with Crippen LogP contribution in [0.2, 0.25) is 0 Å². The van der Waals surface area contributed by atoms with Crippen LogP contribution in [0.4, 0.5) is 5.13 Å². The molecule has 18 heavy (non-hydrogen) atoms. The van der Waals surface area contributed by atoms with Gasteiger partial charge in [-0.15, -0.1) is 11.3 Å². The van der Waals surface area contributed by atoms with Crippen molar-refractivity contribution in [1.82, 2.24) is 10.3 Å². The number of anilines is 1. The van der Waals surface area contributed by atoms with Crippen molar-refractivity contribution in [2.24, 2.45) is 16.6 Å². The number of aliphatic imine (C=N–C) groups is 1. The Morgan fingerprint density at radius 2 is 2.28 bits per heavy atom. The number of rotatable bonds is 6. The average molecular weight is 269 g/mol. The lowest BCUT2D eigenvalue weighted by Crippen LogP contribution is -2.32. The number of hydrogen-bond donors (Lipinski definition) is 2. The molecule has 102 valence electrons. The van der Waals surface area contributed by atoms with Gasteiger partial charge in [0.2, 0.25) is 0 Å². The number of guanidine groups is 1. The minimum Gasteiger partial charge on any atom is -0.370 e. The van der Waals surface area contributed by atoms with E-state index >= 15 is 0 Å². The second kappa shape index (κ2) is 7.20. The summed E-state index contributed by atoms with van der Waals surface area (Å²) in [5.41, 5.74) is 6.73. The van der Waals surface area contributed by atoms with Gasteiger partial charge in [-0.3, -0.25) is 0 Å². The molecule has 0 bridgehead atoms. The van der Waals surface area contributed by atoms with Crippen LogP contribution in [0.3, 0.4) is 0 Å². The van der Waals surface area contributed by atoms with Crippen molar-refractivity contribution in [2.75, 3.05) is 25.5 Å². The number of nitrogens with zero attached hydrogens (tertiary/aromatic N) is 3. The maximum atomic E-state index is 5.78. The highest BCUT2D eigenvalue weighted by Gasteiger charge is 2.03. The summed E-state index contributed by atoms with van der Waals surface area (Å²) in [5, 5.41) is 6.11. The normalized spacial score (nSPS) is 11.9. The molecule has 0 radical (unpaired) electrons. The second-order valence-electron chi connectivity index (χ2n) is 4.83. The molecule has 0 aliphatic carbocycles. The van der Waals surface area contributed by atoms with Gasteiger partial charge < -0.3 is 16.0 Å². The van der Waals surface area contributed by atoms with Crippen molar-refractivity contribution in [1.29, 1.82) is 0 Å². The van der Waals surface area contributed by atoms with Gasteiger partial charge in [0.1, 0.15) is 0 Å². The zero-order chi connectivity index (χ0) is 13.5. The third-order valence-corrected chi connectivity index (χ3v) is 3.42. The molecule has 0 saturated carbocycles. The van der Waals surface area contributed by atoms with Crippen LogP contribution in [0.15, 0.2) is 10.4 Å². The molecular weight excluding hydrogens is 246 g/mol. The molecule has 3 N–H and O–H groups in total. The van der Waals surface area contributed by atoms with E-state index in [0.717, 1.165) is 23.8 Å². The van der Waals surface area contributed by atoms with Crippen molar-refractivity contribution in [3.63, 3.8) is 0 Å². The number of hydrogen-bond acceptors (Lipinski definition) is 4. The van der Waals surface area contributed by atoms with E-state index in [1.54, 1.807) is 11.3 Å². The Hall–Kier alpha value is -1.30. The van der Waals surface area contributed by atoms with Crippen molar-refractivity contribution in [3.05, 3.63) is 11.1 Å². The van der Waals surface area contributed by atoms with E-state index < -0.39 is 0 Å². The molecule has 1 rings (SSSR count). The Morgan fingerprint density at radius 1 is 1.56 bits per heavy atom. The van der Waals surface area contributed by atoms with Crippen LogP contribution in [0.1, 0.15) is 26.0 Å². The highest BCUT2D eigenvalue weighted by molar-refractivity contribution is 7.13. The van der Waals surface area contributed by atoms with Gasteiger partial charge in [-0.05, 0) is 12.3 Å². The first-order valence-electron chi connectivity index (χ1n) is 6.14. The zero-order valence-electron chi connectivity index (χ0n) is 11.6. The predicted molar refractivity (Wildman–Crippen MR) is 79.2 cm³/mol. The first kappa shape index (κ1) is 14.8. The number of nitrogens with two attached hydrogens (primary N) is 1. The minimum absolute atomic E-state index is 0.495. The Morgan fingerprint density at radius 3 is 2.83 bits per heavy atom. The molecule has 5 nitrogen and oxygen atoms in total. The first-order valence-corrected chi connectivity index (χ1v) is 7.02. The smallest absolute Gasteiger partial charge is 0.188 e. The molecule has 6 heteroatoms. The van der Waals surface area contributed by atoms with Crippen LogP contribution in [-0.4, -0.2) is 31.6 Å². The van der Waals surface area contributed by atoms with E-state index in [1.165, 1.54) is 0 Å². The molecule has 1 aromatic heterocycles. The van der Waals surface area contributed by atoms with Gasteiger partial charge in [0.25, 0.3) is 0 Å². The van der Waals surface area contributed by atoms with Crippen molar-refractivity contribution < 1.29 is 0 Å². The van der Waals surface area contributed by atoms with Crippen LogP contribution in [0.5, 0.6) is 0 Å². The van der Waals surface area contributed by atoms with Crippen LogP contribution in [-0.2, 0) is 6.54 Å². The lowest BCUT2D eigenvalue weighted by Gasteiger charge is -2.07. The van der Waals surface area contributed by atoms with Crippen molar-refractivity contribution >= 4 is 22.4 Å². The van der Waals surface area contributed by atoms with E-state index in [1.807, 2.05) is 24.4 Å². The van der Waals surface area contributed by atoms with Gasteiger partial charge in [0.05, 0.1) is 12.2 Å². The molecule has 0 aromatic carbocycles. The summed E-state index contributed by atoms with van der Waals surface area (Å²) >= 11 is 1.62. The molecule has 0 atom stereocenters. The van der Waals surface area contributed by atoms with Gasteiger partial charge in [0.15, 0.2) is 11.1 Å². The van der Waals surface area contributed by atoms with E-state index in [4.69, 9.17) is 5.73 Å². The van der Waals surface area contributed by atoms with Gasteiger partial charge >= 0.3 is 0 Å². The largest absolute Gasteiger partial charge is 0.370 e. The van der Waals surface area contributed by atoms with E-state index in [-0.39, 0.29) is 0 Å². The fourth-order valence-corrected chi connectivity index (χ4v) is 2.03. The monoisotopic (exact) mass is 269 g/mol. The SMILES string of the molecule is CC(C)CCNC(N)=NCc1csc(N(C)C)n1. The van der Waals surface area contributed by atoms with Crippen molar-refractivity contribution in [3.8, 4) is 0 Å². The maximum absolute atomic E-state index is 5.78. The fraction of sp³-hybridized carbons (Fsp3) is 0.667. The number of aromatic nitrogens is 1. The lowest BCUT2D eigenvalue weighted by atomic mass is 10.1. The molecule has 1 heterocycles. The van der Waals surface area contributed by atoms with Crippen LogP contribution in [0, 0.1) is 5.92 Å². The molecule has 0 spiro atoms. The third-order valence-electron chi connectivity index (χ3n) is 2.36. The van der Waals surface area contributed by atoms with Gasteiger partial charge in [0, 0.05) is 26.0 Å². The molecular formula is C12H23N5S. The average Bonchev–Trinajstić information content (AvgIpc) is 2.74. The van der Waals surface area contributed by atoms with E-state index in [2.05, 4.69) is 29.1 Å². The summed E-state index contributed by atoms with van der Waals surface area (Å²) in [5.74, 6) is 1.17. The summed E-state index contributed by atoms with van der Waals surface area (Å²) < 4.78 is 0. The molecule has 0 aliphatic heterocycles. The van der Waals surface area contributed by atoms with Gasteiger partial charge in [-0.2, -0.15) is 0 Å². The minimum atomic E-state index is 0.495. The Kier molecular flexibility index (Phi) is 5.91. The fourth-order valence-electron chi connectivity index (χ4n) is 1.29. The first-order chi connectivity index (χ1) is 8.49. The molecule has 0 saturated heterocycles. The summed E-state index contributed by atoms with van der Waals surface area (Å²) in [6, 6.07) is 0. The maximum Gasteiger partial charge on any atom is 0.188 e. The second-order valence-corrected chi connectivity index (χ2v) is 5.66. The quantitative estimate of drug-likeness (QED) is 0.609. The van der Waals surface area contributed by atoms with E-state index in [9.17, 15) is 0 Å². The topological polar surface area (TPSA) is 66.5 Å². The molecule has 0 fully saturated rings. The Balaban J connectivity index is 2.37. The predicted octanol–water partition coefficient (Wildman–Crippen LogP) is 1.66. The Bertz CT molecular complexity index is 384. The van der Waals surface area contributed by atoms with Crippen LogP contribution >= 0.6 is 11.3 Å². The highest BCUT2D eigenvalue weighted by Crippen LogP contribution is 2.18. The molecule has 0 aliphatic rings. The summed E-state index contributed by atoms with van der Waals surface area (Å²) in [6.07, 6.45) is 1.09. The van der Waals surface area contributed by atoms with E-state index in [0.29, 0.717) is 18.4 Å².